The summed E-state index contributed by atoms with van der Waals surface area (Å²) in [6.07, 6.45) is 1.76. The number of fused-ring (bicyclic) bond motifs is 1. The van der Waals surface area contributed by atoms with Crippen LogP contribution >= 0.6 is 22.6 Å². The Bertz CT molecular complexity index is 583. The lowest BCUT2D eigenvalue weighted by molar-refractivity contribution is 0.171. The molecule has 3 rings (SSSR count). The van der Waals surface area contributed by atoms with Crippen molar-refractivity contribution in [1.29, 1.82) is 0 Å². The Hall–Kier alpha value is -1.44. The van der Waals surface area contributed by atoms with E-state index in [-0.39, 0.29) is 0 Å². The molecule has 0 saturated carbocycles. The molecule has 2 heterocycles. The molecule has 1 aromatic carbocycles. The largest absolute Gasteiger partial charge is 0.486 e. The van der Waals surface area contributed by atoms with E-state index in [1.165, 1.54) is 0 Å². The molecule has 0 saturated heterocycles. The van der Waals surface area contributed by atoms with E-state index in [0.717, 1.165) is 20.6 Å². The predicted molar refractivity (Wildman–Crippen MR) is 75.9 cm³/mol. The molecule has 6 heteroatoms. The van der Waals surface area contributed by atoms with Gasteiger partial charge in [0.15, 0.2) is 11.5 Å². The van der Waals surface area contributed by atoms with Crippen LogP contribution in [0.25, 0.3) is 0 Å². The predicted octanol–water partition coefficient (Wildman–Crippen LogP) is 1.89. The molecule has 0 unspecified atom stereocenters. The maximum Gasteiger partial charge on any atom is 0.161 e. The fourth-order valence-corrected chi connectivity index (χ4v) is 2.26. The lowest BCUT2D eigenvalue weighted by atomic mass is 10.2. The lowest BCUT2D eigenvalue weighted by Gasteiger charge is -2.19. The van der Waals surface area contributed by atoms with Crippen molar-refractivity contribution in [2.75, 3.05) is 18.9 Å². The van der Waals surface area contributed by atoms with Crippen LogP contribution in [-0.4, -0.2) is 23.0 Å². The number of nitrogens with zero attached hydrogens (tertiary/aromatic N) is 2. The fraction of sp³-hybridized carbons (Fsp3) is 0.250. The number of anilines is 1. The van der Waals surface area contributed by atoms with Crippen molar-refractivity contribution in [3.63, 3.8) is 0 Å². The van der Waals surface area contributed by atoms with E-state index in [1.807, 2.05) is 18.2 Å². The Morgan fingerprint density at radius 1 is 1.28 bits per heavy atom. The normalized spacial score (nSPS) is 13.6. The zero-order valence-electron chi connectivity index (χ0n) is 9.60. The van der Waals surface area contributed by atoms with Crippen molar-refractivity contribution < 1.29 is 9.47 Å². The van der Waals surface area contributed by atoms with Crippen LogP contribution in [0.3, 0.4) is 0 Å². The molecule has 1 aliphatic heterocycles. The molecule has 2 aromatic rings. The minimum absolute atomic E-state index is 0.595. The molecule has 0 spiro atoms. The highest BCUT2D eigenvalue weighted by Gasteiger charge is 2.12. The van der Waals surface area contributed by atoms with Crippen LogP contribution in [0.15, 0.2) is 24.4 Å². The molecule has 0 aliphatic carbocycles. The Morgan fingerprint density at radius 2 is 2.06 bits per heavy atom. The van der Waals surface area contributed by atoms with Gasteiger partial charge in [-0.05, 0) is 40.3 Å². The summed E-state index contributed by atoms with van der Waals surface area (Å²) in [5, 5.41) is 4.23. The molecule has 5 nitrogen and oxygen atoms in total. The summed E-state index contributed by atoms with van der Waals surface area (Å²) in [7, 11) is 0. The van der Waals surface area contributed by atoms with Crippen molar-refractivity contribution >= 4 is 28.4 Å². The van der Waals surface area contributed by atoms with E-state index < -0.39 is 0 Å². The molecule has 0 bridgehead atoms. The maximum absolute atomic E-state index is 5.93. The molecule has 1 aliphatic rings. The van der Waals surface area contributed by atoms with Gasteiger partial charge in [-0.15, -0.1) is 0 Å². The second kappa shape index (κ2) is 4.68. The Kier molecular flexibility index (Phi) is 3.02. The molecule has 1 aromatic heterocycles. The quantitative estimate of drug-likeness (QED) is 0.834. The first-order chi connectivity index (χ1) is 8.74. The Labute approximate surface area is 118 Å². The summed E-state index contributed by atoms with van der Waals surface area (Å²) in [6, 6.07) is 5.90. The van der Waals surface area contributed by atoms with Gasteiger partial charge in [0.25, 0.3) is 0 Å². The average molecular weight is 357 g/mol. The third kappa shape index (κ3) is 2.12. The van der Waals surface area contributed by atoms with Gasteiger partial charge in [0.1, 0.15) is 19.0 Å². The van der Waals surface area contributed by atoms with Crippen molar-refractivity contribution in [3.8, 4) is 11.5 Å². The number of benzene rings is 1. The standard InChI is InChI=1S/C12H12IN3O2/c13-9-6-15-16(12(9)14)7-8-1-2-10-11(5-8)18-4-3-17-10/h1-2,5-6H,3-4,7,14H2. The molecular formula is C12H12IN3O2. The number of aromatic nitrogens is 2. The van der Waals surface area contributed by atoms with E-state index in [4.69, 9.17) is 15.2 Å². The summed E-state index contributed by atoms with van der Waals surface area (Å²) in [6.45, 7) is 1.83. The molecular weight excluding hydrogens is 345 g/mol. The van der Waals surface area contributed by atoms with E-state index in [0.29, 0.717) is 25.6 Å². The van der Waals surface area contributed by atoms with E-state index >= 15 is 0 Å². The van der Waals surface area contributed by atoms with Crippen molar-refractivity contribution in [2.24, 2.45) is 0 Å². The highest BCUT2D eigenvalue weighted by Crippen LogP contribution is 2.31. The zero-order valence-corrected chi connectivity index (χ0v) is 11.8. The van der Waals surface area contributed by atoms with Crippen LogP contribution < -0.4 is 15.2 Å². The van der Waals surface area contributed by atoms with Crippen LogP contribution in [0, 0.1) is 3.57 Å². The van der Waals surface area contributed by atoms with Gasteiger partial charge < -0.3 is 15.2 Å². The molecule has 2 N–H and O–H groups in total. The summed E-state index contributed by atoms with van der Waals surface area (Å²) in [4.78, 5) is 0. The Morgan fingerprint density at radius 3 is 2.78 bits per heavy atom. The fourth-order valence-electron chi connectivity index (χ4n) is 1.86. The van der Waals surface area contributed by atoms with Crippen LogP contribution in [-0.2, 0) is 6.54 Å². The topological polar surface area (TPSA) is 62.3 Å². The van der Waals surface area contributed by atoms with Gasteiger partial charge in [-0.3, -0.25) is 0 Å². The molecule has 18 heavy (non-hydrogen) atoms. The molecule has 0 amide bonds. The first kappa shape index (κ1) is 11.6. The SMILES string of the molecule is Nc1c(I)cnn1Cc1ccc2c(c1)OCCO2. The third-order valence-corrected chi connectivity index (χ3v) is 3.60. The van der Waals surface area contributed by atoms with Crippen LogP contribution in [0.5, 0.6) is 11.5 Å². The first-order valence-electron chi connectivity index (χ1n) is 5.59. The summed E-state index contributed by atoms with van der Waals surface area (Å²) < 4.78 is 13.8. The molecule has 0 radical (unpaired) electrons. The van der Waals surface area contributed by atoms with E-state index in [2.05, 4.69) is 27.7 Å². The van der Waals surface area contributed by atoms with Crippen molar-refractivity contribution in [3.05, 3.63) is 33.5 Å². The van der Waals surface area contributed by atoms with Gasteiger partial charge in [0.05, 0.1) is 16.3 Å². The average Bonchev–Trinajstić information content (AvgIpc) is 2.71. The molecule has 94 valence electrons. The van der Waals surface area contributed by atoms with Crippen molar-refractivity contribution in [1.82, 2.24) is 9.78 Å². The smallest absolute Gasteiger partial charge is 0.161 e. The number of hydrogen-bond donors (Lipinski definition) is 1. The number of nitrogens with two attached hydrogens (primary N) is 1. The first-order valence-corrected chi connectivity index (χ1v) is 6.67. The van der Waals surface area contributed by atoms with Gasteiger partial charge in [-0.1, -0.05) is 6.07 Å². The lowest BCUT2D eigenvalue weighted by Crippen LogP contribution is -2.15. The number of hydrogen-bond acceptors (Lipinski definition) is 4. The number of ether oxygens (including phenoxy) is 2. The van der Waals surface area contributed by atoms with Gasteiger partial charge in [-0.25, -0.2) is 4.68 Å². The van der Waals surface area contributed by atoms with Crippen LogP contribution in [0.1, 0.15) is 5.56 Å². The van der Waals surface area contributed by atoms with Crippen LogP contribution in [0.4, 0.5) is 5.82 Å². The van der Waals surface area contributed by atoms with Gasteiger partial charge in [0.2, 0.25) is 0 Å². The van der Waals surface area contributed by atoms with Gasteiger partial charge in [-0.2, -0.15) is 5.10 Å². The highest BCUT2D eigenvalue weighted by atomic mass is 127. The van der Waals surface area contributed by atoms with E-state index in [1.54, 1.807) is 10.9 Å². The monoisotopic (exact) mass is 357 g/mol. The third-order valence-electron chi connectivity index (χ3n) is 2.77. The minimum atomic E-state index is 0.595. The Balaban J connectivity index is 1.87. The zero-order chi connectivity index (χ0) is 12.5. The summed E-state index contributed by atoms with van der Waals surface area (Å²) >= 11 is 2.17. The molecule has 0 fully saturated rings. The second-order valence-electron chi connectivity index (χ2n) is 4.01. The number of rotatable bonds is 2. The van der Waals surface area contributed by atoms with Gasteiger partial charge >= 0.3 is 0 Å². The van der Waals surface area contributed by atoms with Gasteiger partial charge in [0, 0.05) is 0 Å². The van der Waals surface area contributed by atoms with Crippen molar-refractivity contribution in [2.45, 2.75) is 6.54 Å². The number of nitrogen functional groups attached to an aromatic ring is 1. The summed E-state index contributed by atoms with van der Waals surface area (Å²) in [5.41, 5.74) is 7.01. The van der Waals surface area contributed by atoms with Crippen LogP contribution in [0.2, 0.25) is 0 Å². The summed E-state index contributed by atoms with van der Waals surface area (Å²) in [5.74, 6) is 2.28. The van der Waals surface area contributed by atoms with E-state index in [9.17, 15) is 0 Å². The number of halogens is 1. The highest BCUT2D eigenvalue weighted by molar-refractivity contribution is 14.1. The maximum atomic E-state index is 5.93. The molecule has 0 atom stereocenters. The minimum Gasteiger partial charge on any atom is -0.486 e. The second-order valence-corrected chi connectivity index (χ2v) is 5.18.